The number of nitrogens with one attached hydrogen (secondary N) is 1. The largest absolute Gasteiger partial charge is 0.384 e. The van der Waals surface area contributed by atoms with Gasteiger partial charge in [0, 0.05) is 32.7 Å². The molecule has 2 heterocycles. The van der Waals surface area contributed by atoms with E-state index in [1.807, 2.05) is 0 Å². The second-order valence-electron chi connectivity index (χ2n) is 6.17. The molecule has 1 N–H and O–H groups in total. The van der Waals surface area contributed by atoms with Gasteiger partial charge in [-0.05, 0) is 50.6 Å². The van der Waals surface area contributed by atoms with Gasteiger partial charge in [-0.3, -0.25) is 4.79 Å². The van der Waals surface area contributed by atoms with Crippen molar-refractivity contribution in [3.8, 4) is 0 Å². The molecule has 2 aliphatic rings. The summed E-state index contributed by atoms with van der Waals surface area (Å²) in [7, 11) is 1.70. The second-order valence-corrected chi connectivity index (χ2v) is 6.17. The first-order valence-electron chi connectivity index (χ1n) is 7.71. The van der Waals surface area contributed by atoms with Crippen LogP contribution >= 0.6 is 0 Å². The zero-order valence-corrected chi connectivity index (χ0v) is 12.4. The highest BCUT2D eigenvalue weighted by Gasteiger charge is 2.35. The van der Waals surface area contributed by atoms with Crippen LogP contribution in [0.3, 0.4) is 0 Å². The summed E-state index contributed by atoms with van der Waals surface area (Å²) in [6.45, 7) is 5.95. The number of likely N-dealkylation sites (tertiary alicyclic amines) is 1. The molecule has 4 heteroatoms. The van der Waals surface area contributed by atoms with Crippen molar-refractivity contribution in [2.45, 2.75) is 45.1 Å². The van der Waals surface area contributed by atoms with Crippen molar-refractivity contribution in [3.05, 3.63) is 0 Å². The molecule has 2 saturated heterocycles. The first kappa shape index (κ1) is 14.8. The third-order valence-corrected chi connectivity index (χ3v) is 4.47. The molecule has 0 aromatic carbocycles. The monoisotopic (exact) mass is 268 g/mol. The minimum absolute atomic E-state index is 0.322. The van der Waals surface area contributed by atoms with Gasteiger partial charge in [0.25, 0.3) is 0 Å². The molecule has 2 fully saturated rings. The van der Waals surface area contributed by atoms with Gasteiger partial charge in [-0.15, -0.1) is 0 Å². The van der Waals surface area contributed by atoms with Gasteiger partial charge in [0.05, 0.1) is 0 Å². The first-order valence-corrected chi connectivity index (χ1v) is 7.71. The number of nitrogens with zero attached hydrogens (tertiary/aromatic N) is 1. The number of carbonyl (C=O) groups excluding carboxylic acids is 1. The summed E-state index contributed by atoms with van der Waals surface area (Å²) in [5.41, 5.74) is 0. The number of amides is 1. The number of ether oxygens (including phenoxy) is 1. The highest BCUT2D eigenvalue weighted by molar-refractivity contribution is 5.77. The smallest absolute Gasteiger partial charge is 0.223 e. The van der Waals surface area contributed by atoms with Crippen LogP contribution in [-0.2, 0) is 9.53 Å². The zero-order chi connectivity index (χ0) is 13.7. The lowest BCUT2D eigenvalue weighted by atomic mass is 9.90. The average molecular weight is 268 g/mol. The Balaban J connectivity index is 1.88. The lowest BCUT2D eigenvalue weighted by molar-refractivity contribution is -0.134. The summed E-state index contributed by atoms with van der Waals surface area (Å²) in [6, 6.07) is 0.482. The maximum absolute atomic E-state index is 12.4. The Bertz CT molecular complexity index is 290. The zero-order valence-electron chi connectivity index (χ0n) is 12.4. The SMILES string of the molecule is COCC(C)CC(=O)N1CCCC1C1CCCNC1. The van der Waals surface area contributed by atoms with Crippen LogP contribution in [0.1, 0.15) is 39.0 Å². The fraction of sp³-hybridized carbons (Fsp3) is 0.933. The van der Waals surface area contributed by atoms with Crippen molar-refractivity contribution >= 4 is 5.91 Å². The van der Waals surface area contributed by atoms with Crippen LogP contribution in [0.2, 0.25) is 0 Å². The van der Waals surface area contributed by atoms with Crippen molar-refractivity contribution in [1.29, 1.82) is 0 Å². The molecule has 19 heavy (non-hydrogen) atoms. The maximum atomic E-state index is 12.4. The van der Waals surface area contributed by atoms with Gasteiger partial charge in [0.15, 0.2) is 0 Å². The normalized spacial score (nSPS) is 29.5. The predicted molar refractivity (Wildman–Crippen MR) is 76.0 cm³/mol. The van der Waals surface area contributed by atoms with Crippen molar-refractivity contribution in [2.24, 2.45) is 11.8 Å². The van der Waals surface area contributed by atoms with E-state index in [0.29, 0.717) is 36.8 Å². The Morgan fingerprint density at radius 1 is 1.42 bits per heavy atom. The van der Waals surface area contributed by atoms with Crippen LogP contribution in [0, 0.1) is 11.8 Å². The first-order chi connectivity index (χ1) is 9.22. The van der Waals surface area contributed by atoms with E-state index in [2.05, 4.69) is 17.1 Å². The summed E-state index contributed by atoms with van der Waals surface area (Å²) in [5.74, 6) is 1.32. The molecule has 1 amide bonds. The highest BCUT2D eigenvalue weighted by atomic mass is 16.5. The molecule has 2 aliphatic heterocycles. The van der Waals surface area contributed by atoms with Crippen molar-refractivity contribution in [2.75, 3.05) is 33.4 Å². The Morgan fingerprint density at radius 2 is 2.26 bits per heavy atom. The Kier molecular flexibility index (Phi) is 5.64. The third kappa shape index (κ3) is 3.93. The van der Waals surface area contributed by atoms with Crippen LogP contribution in [-0.4, -0.2) is 50.2 Å². The molecule has 4 nitrogen and oxygen atoms in total. The molecule has 0 aliphatic carbocycles. The van der Waals surface area contributed by atoms with E-state index >= 15 is 0 Å². The van der Waals surface area contributed by atoms with Gasteiger partial charge in [0.2, 0.25) is 5.91 Å². The highest BCUT2D eigenvalue weighted by Crippen LogP contribution is 2.29. The third-order valence-electron chi connectivity index (χ3n) is 4.47. The number of rotatable bonds is 5. The van der Waals surface area contributed by atoms with Crippen molar-refractivity contribution < 1.29 is 9.53 Å². The van der Waals surface area contributed by atoms with Gasteiger partial charge in [-0.2, -0.15) is 0 Å². The molecule has 0 saturated carbocycles. The molecule has 0 radical (unpaired) electrons. The van der Waals surface area contributed by atoms with E-state index < -0.39 is 0 Å². The van der Waals surface area contributed by atoms with E-state index in [0.717, 1.165) is 19.6 Å². The summed E-state index contributed by atoms with van der Waals surface area (Å²) in [4.78, 5) is 14.6. The van der Waals surface area contributed by atoms with E-state index in [-0.39, 0.29) is 0 Å². The number of methoxy groups -OCH3 is 1. The second kappa shape index (κ2) is 7.25. The molecular weight excluding hydrogens is 240 g/mol. The molecule has 0 aromatic heterocycles. The fourth-order valence-corrected chi connectivity index (χ4v) is 3.56. The van der Waals surface area contributed by atoms with Gasteiger partial charge in [0.1, 0.15) is 0 Å². The number of carbonyl (C=O) groups is 1. The molecular formula is C15H28N2O2. The van der Waals surface area contributed by atoms with Crippen LogP contribution < -0.4 is 5.32 Å². The van der Waals surface area contributed by atoms with Crippen LogP contribution in [0.4, 0.5) is 0 Å². The molecule has 2 rings (SSSR count). The van der Waals surface area contributed by atoms with Gasteiger partial charge >= 0.3 is 0 Å². The van der Waals surface area contributed by atoms with Crippen LogP contribution in [0.25, 0.3) is 0 Å². The van der Waals surface area contributed by atoms with Crippen molar-refractivity contribution in [1.82, 2.24) is 10.2 Å². The van der Waals surface area contributed by atoms with E-state index in [9.17, 15) is 4.79 Å². The maximum Gasteiger partial charge on any atom is 0.223 e. The summed E-state index contributed by atoms with van der Waals surface area (Å²) in [6.07, 6.45) is 5.52. The number of piperidine rings is 1. The molecule has 0 spiro atoms. The minimum Gasteiger partial charge on any atom is -0.384 e. The lowest BCUT2D eigenvalue weighted by Gasteiger charge is -2.34. The fourth-order valence-electron chi connectivity index (χ4n) is 3.56. The Morgan fingerprint density at radius 3 is 2.95 bits per heavy atom. The van der Waals surface area contributed by atoms with E-state index in [1.54, 1.807) is 7.11 Å². The molecule has 110 valence electrons. The van der Waals surface area contributed by atoms with Crippen molar-refractivity contribution in [3.63, 3.8) is 0 Å². The summed E-state index contributed by atoms with van der Waals surface area (Å²) < 4.78 is 5.13. The predicted octanol–water partition coefficient (Wildman–Crippen LogP) is 1.65. The molecule has 3 unspecified atom stereocenters. The standard InChI is InChI=1S/C15H28N2O2/c1-12(11-19-2)9-15(18)17-8-4-6-14(17)13-5-3-7-16-10-13/h12-14,16H,3-11H2,1-2H3. The molecule has 3 atom stereocenters. The van der Waals surface area contributed by atoms with Gasteiger partial charge < -0.3 is 15.0 Å². The quantitative estimate of drug-likeness (QED) is 0.824. The lowest BCUT2D eigenvalue weighted by Crippen LogP contribution is -2.46. The van der Waals surface area contributed by atoms with E-state index in [1.165, 1.54) is 25.7 Å². The summed E-state index contributed by atoms with van der Waals surface area (Å²) in [5, 5.41) is 3.47. The Hall–Kier alpha value is -0.610. The van der Waals surface area contributed by atoms with Crippen LogP contribution in [0.5, 0.6) is 0 Å². The average Bonchev–Trinajstić information content (AvgIpc) is 2.89. The Labute approximate surface area is 116 Å². The topological polar surface area (TPSA) is 41.6 Å². The van der Waals surface area contributed by atoms with Crippen LogP contribution in [0.15, 0.2) is 0 Å². The van der Waals surface area contributed by atoms with Gasteiger partial charge in [-0.25, -0.2) is 0 Å². The van der Waals surface area contributed by atoms with Gasteiger partial charge in [-0.1, -0.05) is 6.92 Å². The number of hydrogen-bond donors (Lipinski definition) is 1. The number of hydrogen-bond acceptors (Lipinski definition) is 3. The molecule has 0 bridgehead atoms. The van der Waals surface area contributed by atoms with E-state index in [4.69, 9.17) is 4.74 Å². The summed E-state index contributed by atoms with van der Waals surface area (Å²) >= 11 is 0. The minimum atomic E-state index is 0.322. The molecule has 0 aromatic rings.